The zero-order valence-corrected chi connectivity index (χ0v) is 15.5. The van der Waals surface area contributed by atoms with Crippen molar-refractivity contribution >= 4 is 17.3 Å². The van der Waals surface area contributed by atoms with Gasteiger partial charge in [0.05, 0.1) is 21.3 Å². The topological polar surface area (TPSA) is 48.0 Å². The van der Waals surface area contributed by atoms with Crippen molar-refractivity contribution in [3.8, 4) is 17.2 Å². The van der Waals surface area contributed by atoms with Gasteiger partial charge in [-0.25, -0.2) is 0 Å². The Bertz CT molecular complexity index is 840. The normalized spacial score (nSPS) is 10.2. The monoisotopic (exact) mass is 363 g/mol. The van der Waals surface area contributed by atoms with Gasteiger partial charge in [0.15, 0.2) is 0 Å². The minimum atomic E-state index is -0.145. The highest BCUT2D eigenvalue weighted by Gasteiger charge is 2.20. The Hall–Kier alpha value is -3.47. The molecule has 3 rings (SSSR count). The predicted molar refractivity (Wildman–Crippen MR) is 105 cm³/mol. The van der Waals surface area contributed by atoms with Crippen LogP contribution < -0.4 is 19.1 Å². The number of ether oxygens (including phenoxy) is 3. The molecule has 0 unspecified atom stereocenters. The molecule has 1 amide bonds. The summed E-state index contributed by atoms with van der Waals surface area (Å²) in [7, 11) is 4.81. The molecule has 27 heavy (non-hydrogen) atoms. The van der Waals surface area contributed by atoms with E-state index in [4.69, 9.17) is 14.2 Å². The van der Waals surface area contributed by atoms with Crippen LogP contribution in [0, 0.1) is 0 Å². The number of carbonyl (C=O) groups is 1. The van der Waals surface area contributed by atoms with E-state index in [1.165, 1.54) is 0 Å². The van der Waals surface area contributed by atoms with Crippen LogP contribution in [-0.4, -0.2) is 27.2 Å². The molecule has 5 heteroatoms. The van der Waals surface area contributed by atoms with E-state index >= 15 is 0 Å². The van der Waals surface area contributed by atoms with Crippen molar-refractivity contribution < 1.29 is 19.0 Å². The predicted octanol–water partition coefficient (Wildman–Crippen LogP) is 4.69. The van der Waals surface area contributed by atoms with Crippen LogP contribution in [0.25, 0.3) is 0 Å². The molecule has 5 nitrogen and oxygen atoms in total. The van der Waals surface area contributed by atoms with Gasteiger partial charge in [0.1, 0.15) is 17.2 Å². The summed E-state index contributed by atoms with van der Waals surface area (Å²) in [4.78, 5) is 14.9. The van der Waals surface area contributed by atoms with Crippen molar-refractivity contribution in [2.75, 3.05) is 26.2 Å². The molecule has 0 fully saturated rings. The van der Waals surface area contributed by atoms with Crippen LogP contribution >= 0.6 is 0 Å². The van der Waals surface area contributed by atoms with Gasteiger partial charge in [0.25, 0.3) is 5.91 Å². The summed E-state index contributed by atoms with van der Waals surface area (Å²) >= 11 is 0. The van der Waals surface area contributed by atoms with E-state index in [0.717, 1.165) is 22.9 Å². The van der Waals surface area contributed by atoms with Gasteiger partial charge < -0.3 is 14.2 Å². The average Bonchev–Trinajstić information content (AvgIpc) is 2.75. The first-order chi connectivity index (χ1) is 13.2. The first-order valence-electron chi connectivity index (χ1n) is 8.43. The Kier molecular flexibility index (Phi) is 5.61. The fraction of sp³-hybridized carbons (Fsp3) is 0.136. The van der Waals surface area contributed by atoms with Gasteiger partial charge >= 0.3 is 0 Å². The van der Waals surface area contributed by atoms with Crippen LogP contribution in [0.15, 0.2) is 72.8 Å². The highest BCUT2D eigenvalue weighted by Crippen LogP contribution is 2.30. The van der Waals surface area contributed by atoms with Crippen molar-refractivity contribution in [3.63, 3.8) is 0 Å². The molecule has 0 aliphatic rings. The zero-order valence-electron chi connectivity index (χ0n) is 15.5. The molecule has 0 saturated carbocycles. The largest absolute Gasteiger partial charge is 0.497 e. The number of amides is 1. The zero-order chi connectivity index (χ0) is 19.2. The molecule has 0 bridgehead atoms. The number of rotatable bonds is 6. The lowest BCUT2D eigenvalue weighted by atomic mass is 10.1. The van der Waals surface area contributed by atoms with E-state index in [1.54, 1.807) is 50.5 Å². The third-order valence-electron chi connectivity index (χ3n) is 4.20. The molecule has 3 aromatic carbocycles. The fourth-order valence-corrected chi connectivity index (χ4v) is 2.71. The maximum Gasteiger partial charge on any atom is 0.262 e. The maximum atomic E-state index is 13.3. The Morgan fingerprint density at radius 1 is 0.593 bits per heavy atom. The fourth-order valence-electron chi connectivity index (χ4n) is 2.71. The molecule has 0 N–H and O–H groups in total. The van der Waals surface area contributed by atoms with E-state index in [2.05, 4.69) is 0 Å². The van der Waals surface area contributed by atoms with Gasteiger partial charge in [-0.1, -0.05) is 0 Å². The quantitative estimate of drug-likeness (QED) is 0.637. The second kappa shape index (κ2) is 8.27. The SMILES string of the molecule is COc1ccc(C(=O)N(c2ccc(OC)cc2)c2ccc(OC)cc2)cc1. The molecule has 0 radical (unpaired) electrons. The van der Waals surface area contributed by atoms with Crippen LogP contribution in [-0.2, 0) is 0 Å². The number of hydrogen-bond donors (Lipinski definition) is 0. The van der Waals surface area contributed by atoms with Crippen molar-refractivity contribution in [1.29, 1.82) is 0 Å². The highest BCUT2D eigenvalue weighted by molar-refractivity contribution is 6.11. The second-order valence-electron chi connectivity index (χ2n) is 5.77. The van der Waals surface area contributed by atoms with Crippen molar-refractivity contribution in [2.45, 2.75) is 0 Å². The smallest absolute Gasteiger partial charge is 0.262 e. The first kappa shape index (κ1) is 18.3. The molecule has 138 valence electrons. The third kappa shape index (κ3) is 4.03. The number of benzene rings is 3. The molecule has 3 aromatic rings. The van der Waals surface area contributed by atoms with Crippen LogP contribution in [0.4, 0.5) is 11.4 Å². The molecular formula is C22H21NO4. The van der Waals surface area contributed by atoms with Crippen molar-refractivity contribution in [3.05, 3.63) is 78.4 Å². The number of carbonyl (C=O) groups excluding carboxylic acids is 1. The van der Waals surface area contributed by atoms with Gasteiger partial charge in [-0.2, -0.15) is 0 Å². The lowest BCUT2D eigenvalue weighted by Gasteiger charge is -2.23. The average molecular weight is 363 g/mol. The third-order valence-corrected chi connectivity index (χ3v) is 4.20. The van der Waals surface area contributed by atoms with E-state index in [0.29, 0.717) is 11.3 Å². The summed E-state index contributed by atoms with van der Waals surface area (Å²) in [6.45, 7) is 0. The van der Waals surface area contributed by atoms with E-state index in [-0.39, 0.29) is 5.91 Å². The minimum Gasteiger partial charge on any atom is -0.497 e. The molecule has 0 aromatic heterocycles. The lowest BCUT2D eigenvalue weighted by molar-refractivity contribution is 0.0999. The Balaban J connectivity index is 2.02. The summed E-state index contributed by atoms with van der Waals surface area (Å²) in [5, 5.41) is 0. The second-order valence-corrected chi connectivity index (χ2v) is 5.77. The molecular weight excluding hydrogens is 342 g/mol. The van der Waals surface area contributed by atoms with Crippen LogP contribution in [0.1, 0.15) is 10.4 Å². The van der Waals surface area contributed by atoms with E-state index in [1.807, 2.05) is 48.5 Å². The Morgan fingerprint density at radius 3 is 1.26 bits per heavy atom. The van der Waals surface area contributed by atoms with Gasteiger partial charge in [0, 0.05) is 16.9 Å². The Labute approximate surface area is 158 Å². The molecule has 0 atom stereocenters. The van der Waals surface area contributed by atoms with Crippen LogP contribution in [0.2, 0.25) is 0 Å². The van der Waals surface area contributed by atoms with Crippen LogP contribution in [0.5, 0.6) is 17.2 Å². The number of nitrogens with zero attached hydrogens (tertiary/aromatic N) is 1. The standard InChI is InChI=1S/C22H21NO4/c1-25-19-10-4-16(5-11-19)22(24)23(17-6-12-20(26-2)13-7-17)18-8-14-21(27-3)15-9-18/h4-15H,1-3H3. The summed E-state index contributed by atoms with van der Waals surface area (Å²) in [5.74, 6) is 2.01. The molecule has 0 aliphatic carbocycles. The number of methoxy groups -OCH3 is 3. The first-order valence-corrected chi connectivity index (χ1v) is 8.43. The van der Waals surface area contributed by atoms with Crippen molar-refractivity contribution in [1.82, 2.24) is 0 Å². The van der Waals surface area contributed by atoms with Crippen LogP contribution in [0.3, 0.4) is 0 Å². The van der Waals surface area contributed by atoms with Gasteiger partial charge in [-0.05, 0) is 72.8 Å². The van der Waals surface area contributed by atoms with Gasteiger partial charge in [-0.3, -0.25) is 9.69 Å². The van der Waals surface area contributed by atoms with Gasteiger partial charge in [-0.15, -0.1) is 0 Å². The van der Waals surface area contributed by atoms with E-state index < -0.39 is 0 Å². The molecule has 0 aliphatic heterocycles. The lowest BCUT2D eigenvalue weighted by Crippen LogP contribution is -2.25. The summed E-state index contributed by atoms with van der Waals surface area (Å²) in [6.07, 6.45) is 0. The molecule has 0 saturated heterocycles. The van der Waals surface area contributed by atoms with E-state index in [9.17, 15) is 4.79 Å². The Morgan fingerprint density at radius 2 is 0.926 bits per heavy atom. The summed E-state index contributed by atoms with van der Waals surface area (Å²) < 4.78 is 15.6. The summed E-state index contributed by atoms with van der Waals surface area (Å²) in [5.41, 5.74) is 2.03. The number of anilines is 2. The molecule has 0 spiro atoms. The number of hydrogen-bond acceptors (Lipinski definition) is 4. The molecule has 0 heterocycles. The highest BCUT2D eigenvalue weighted by atomic mass is 16.5. The minimum absolute atomic E-state index is 0.145. The summed E-state index contributed by atoms with van der Waals surface area (Å²) in [6, 6.07) is 21.8. The maximum absolute atomic E-state index is 13.3. The van der Waals surface area contributed by atoms with Crippen molar-refractivity contribution in [2.24, 2.45) is 0 Å². The van der Waals surface area contributed by atoms with Gasteiger partial charge in [0.2, 0.25) is 0 Å².